The lowest BCUT2D eigenvalue weighted by molar-refractivity contribution is 0.905. The summed E-state index contributed by atoms with van der Waals surface area (Å²) in [6.07, 6.45) is 0. The van der Waals surface area contributed by atoms with Crippen molar-refractivity contribution in [3.05, 3.63) is 63.1 Å². The third kappa shape index (κ3) is 2.27. The summed E-state index contributed by atoms with van der Waals surface area (Å²) in [7, 11) is 1.80. The van der Waals surface area contributed by atoms with E-state index >= 15 is 0 Å². The number of aromatic nitrogens is 1. The second kappa shape index (κ2) is 4.90. The Labute approximate surface area is 115 Å². The first-order chi connectivity index (χ1) is 9.25. The Balaban J connectivity index is 2.03. The third-order valence-electron chi connectivity index (χ3n) is 3.22. The van der Waals surface area contributed by atoms with Gasteiger partial charge in [0.05, 0.1) is 5.52 Å². The van der Waals surface area contributed by atoms with E-state index in [2.05, 4.69) is 22.1 Å². The predicted molar refractivity (Wildman–Crippen MR) is 80.8 cm³/mol. The van der Waals surface area contributed by atoms with Crippen LogP contribution in [0.15, 0.2) is 52.0 Å². The topological polar surface area (TPSA) is 34.0 Å². The van der Waals surface area contributed by atoms with Crippen LogP contribution in [0.25, 0.3) is 10.9 Å². The Morgan fingerprint density at radius 3 is 2.89 bits per heavy atom. The van der Waals surface area contributed by atoms with Gasteiger partial charge in [-0.1, -0.05) is 18.2 Å². The molecule has 0 atom stereocenters. The number of anilines is 1. The first-order valence-corrected chi connectivity index (χ1v) is 7.04. The second-order valence-electron chi connectivity index (χ2n) is 4.46. The molecule has 0 radical (unpaired) electrons. The summed E-state index contributed by atoms with van der Waals surface area (Å²) in [5, 5.41) is 8.58. The van der Waals surface area contributed by atoms with Crippen molar-refractivity contribution in [1.82, 2.24) is 4.57 Å². The van der Waals surface area contributed by atoms with Crippen molar-refractivity contribution in [1.29, 1.82) is 0 Å². The summed E-state index contributed by atoms with van der Waals surface area (Å²) in [6, 6.07) is 11.7. The van der Waals surface area contributed by atoms with E-state index in [1.165, 1.54) is 5.56 Å². The Hall–Kier alpha value is -2.07. The molecule has 0 aliphatic heterocycles. The second-order valence-corrected chi connectivity index (χ2v) is 5.24. The van der Waals surface area contributed by atoms with Crippen molar-refractivity contribution < 1.29 is 0 Å². The normalized spacial score (nSPS) is 10.8. The van der Waals surface area contributed by atoms with E-state index in [0.29, 0.717) is 0 Å². The van der Waals surface area contributed by atoms with Crippen LogP contribution < -0.4 is 10.9 Å². The third-order valence-corrected chi connectivity index (χ3v) is 3.95. The molecule has 0 aliphatic rings. The molecule has 3 rings (SSSR count). The van der Waals surface area contributed by atoms with Gasteiger partial charge in [0.15, 0.2) is 0 Å². The van der Waals surface area contributed by atoms with E-state index < -0.39 is 0 Å². The molecule has 96 valence electrons. The quantitative estimate of drug-likeness (QED) is 0.793. The van der Waals surface area contributed by atoms with Crippen LogP contribution in [0.3, 0.4) is 0 Å². The van der Waals surface area contributed by atoms with Crippen molar-refractivity contribution >= 4 is 27.9 Å². The van der Waals surface area contributed by atoms with Crippen LogP contribution in [0, 0.1) is 0 Å². The number of benzene rings is 1. The summed E-state index contributed by atoms with van der Waals surface area (Å²) in [5.41, 5.74) is 3.08. The Kier molecular flexibility index (Phi) is 3.09. The highest BCUT2D eigenvalue weighted by atomic mass is 32.1. The maximum atomic E-state index is 11.9. The zero-order chi connectivity index (χ0) is 13.2. The predicted octanol–water partition coefficient (Wildman–Crippen LogP) is 3.21. The number of hydrogen-bond acceptors (Lipinski definition) is 3. The van der Waals surface area contributed by atoms with E-state index in [1.807, 2.05) is 24.3 Å². The average Bonchev–Trinajstić information content (AvgIpc) is 2.95. The summed E-state index contributed by atoms with van der Waals surface area (Å²) in [4.78, 5) is 11.9. The highest BCUT2D eigenvalue weighted by molar-refractivity contribution is 7.07. The molecule has 0 fully saturated rings. The van der Waals surface area contributed by atoms with Gasteiger partial charge in [0.2, 0.25) is 0 Å². The van der Waals surface area contributed by atoms with Crippen LogP contribution in [0.2, 0.25) is 0 Å². The fraction of sp³-hybridized carbons (Fsp3) is 0.133. The van der Waals surface area contributed by atoms with E-state index in [4.69, 9.17) is 0 Å². The lowest BCUT2D eigenvalue weighted by Gasteiger charge is -2.11. The minimum Gasteiger partial charge on any atom is -0.380 e. The molecule has 3 nitrogen and oxygen atoms in total. The van der Waals surface area contributed by atoms with Crippen LogP contribution >= 0.6 is 11.3 Å². The van der Waals surface area contributed by atoms with Crippen molar-refractivity contribution in [2.24, 2.45) is 7.05 Å². The first kappa shape index (κ1) is 12.0. The van der Waals surface area contributed by atoms with Crippen LogP contribution in [0.1, 0.15) is 5.56 Å². The zero-order valence-electron chi connectivity index (χ0n) is 10.6. The smallest absolute Gasteiger partial charge is 0.252 e. The molecule has 2 aromatic heterocycles. The fourth-order valence-electron chi connectivity index (χ4n) is 2.15. The molecule has 0 saturated heterocycles. The van der Waals surface area contributed by atoms with Gasteiger partial charge in [-0.15, -0.1) is 0 Å². The molecule has 0 spiro atoms. The fourth-order valence-corrected chi connectivity index (χ4v) is 2.82. The average molecular weight is 270 g/mol. The van der Waals surface area contributed by atoms with Gasteiger partial charge in [0, 0.05) is 30.7 Å². The SMILES string of the molecule is Cn1c(=O)cc(NCc2ccsc2)c2ccccc21. The summed E-state index contributed by atoms with van der Waals surface area (Å²) >= 11 is 1.68. The Morgan fingerprint density at radius 2 is 2.11 bits per heavy atom. The molecule has 0 aliphatic carbocycles. The van der Waals surface area contributed by atoms with Crippen molar-refractivity contribution in [2.75, 3.05) is 5.32 Å². The van der Waals surface area contributed by atoms with Crippen molar-refractivity contribution in [3.63, 3.8) is 0 Å². The molecule has 1 N–H and O–H groups in total. The number of rotatable bonds is 3. The number of thiophene rings is 1. The highest BCUT2D eigenvalue weighted by Crippen LogP contribution is 2.21. The number of pyridine rings is 1. The van der Waals surface area contributed by atoms with Crippen molar-refractivity contribution in [3.8, 4) is 0 Å². The van der Waals surface area contributed by atoms with Crippen LogP contribution in [0.5, 0.6) is 0 Å². The Morgan fingerprint density at radius 1 is 1.26 bits per heavy atom. The molecule has 0 amide bonds. The maximum Gasteiger partial charge on any atom is 0.252 e. The summed E-state index contributed by atoms with van der Waals surface area (Å²) < 4.78 is 1.67. The minimum absolute atomic E-state index is 0.00604. The van der Waals surface area contributed by atoms with Gasteiger partial charge >= 0.3 is 0 Å². The maximum absolute atomic E-state index is 11.9. The molecule has 4 heteroatoms. The number of nitrogens with zero attached hydrogens (tertiary/aromatic N) is 1. The van der Waals surface area contributed by atoms with Gasteiger partial charge in [0.25, 0.3) is 5.56 Å². The molecule has 0 bridgehead atoms. The number of nitrogens with one attached hydrogen (secondary N) is 1. The molecule has 1 aromatic carbocycles. The number of para-hydroxylation sites is 1. The Bertz CT molecular complexity index is 759. The van der Waals surface area contributed by atoms with Gasteiger partial charge in [-0.3, -0.25) is 4.79 Å². The summed E-state index contributed by atoms with van der Waals surface area (Å²) in [6.45, 7) is 0.737. The largest absolute Gasteiger partial charge is 0.380 e. The van der Waals surface area contributed by atoms with E-state index in [9.17, 15) is 4.79 Å². The van der Waals surface area contributed by atoms with E-state index in [1.54, 1.807) is 29.0 Å². The zero-order valence-corrected chi connectivity index (χ0v) is 11.4. The van der Waals surface area contributed by atoms with E-state index in [0.717, 1.165) is 23.1 Å². The van der Waals surface area contributed by atoms with Gasteiger partial charge in [0.1, 0.15) is 0 Å². The summed E-state index contributed by atoms with van der Waals surface area (Å²) in [5.74, 6) is 0. The monoisotopic (exact) mass is 270 g/mol. The highest BCUT2D eigenvalue weighted by Gasteiger charge is 2.05. The number of hydrogen-bond donors (Lipinski definition) is 1. The molecular weight excluding hydrogens is 256 g/mol. The number of fused-ring (bicyclic) bond motifs is 1. The van der Waals surface area contributed by atoms with Crippen LogP contribution in [-0.4, -0.2) is 4.57 Å². The first-order valence-electron chi connectivity index (χ1n) is 6.09. The van der Waals surface area contributed by atoms with Gasteiger partial charge in [-0.05, 0) is 28.5 Å². The number of aryl methyl sites for hydroxylation is 1. The van der Waals surface area contributed by atoms with E-state index in [-0.39, 0.29) is 5.56 Å². The van der Waals surface area contributed by atoms with Gasteiger partial charge < -0.3 is 9.88 Å². The molecular formula is C15H14N2OS. The minimum atomic E-state index is 0.00604. The molecule has 0 unspecified atom stereocenters. The van der Waals surface area contributed by atoms with Crippen LogP contribution in [-0.2, 0) is 13.6 Å². The lowest BCUT2D eigenvalue weighted by Crippen LogP contribution is -2.17. The van der Waals surface area contributed by atoms with Gasteiger partial charge in [-0.25, -0.2) is 0 Å². The van der Waals surface area contributed by atoms with Gasteiger partial charge in [-0.2, -0.15) is 11.3 Å². The van der Waals surface area contributed by atoms with Crippen molar-refractivity contribution in [2.45, 2.75) is 6.54 Å². The molecule has 2 heterocycles. The molecule has 19 heavy (non-hydrogen) atoms. The standard InChI is InChI=1S/C15H14N2OS/c1-17-14-5-3-2-4-12(14)13(8-15(17)18)16-9-11-6-7-19-10-11/h2-8,10,16H,9H2,1H3. The molecule has 3 aromatic rings. The lowest BCUT2D eigenvalue weighted by atomic mass is 10.1. The van der Waals surface area contributed by atoms with Crippen LogP contribution in [0.4, 0.5) is 5.69 Å². The molecule has 0 saturated carbocycles.